The van der Waals surface area contributed by atoms with E-state index in [4.69, 9.17) is 0 Å². The number of H-pyrrole nitrogens is 1. The fourth-order valence-corrected chi connectivity index (χ4v) is 0.475. The molecule has 0 bridgehead atoms. The zero-order chi connectivity index (χ0) is 5.98. The summed E-state index contributed by atoms with van der Waals surface area (Å²) in [4.78, 5) is 10.5. The SMILES string of the molecule is C=Cn1[nH]ccc1=O. The molecule has 0 fully saturated rings. The molecule has 0 atom stereocenters. The highest BCUT2D eigenvalue weighted by Crippen LogP contribution is 1.70. The van der Waals surface area contributed by atoms with Crippen molar-refractivity contribution in [3.8, 4) is 0 Å². The highest BCUT2D eigenvalue weighted by Gasteiger charge is 1.83. The van der Waals surface area contributed by atoms with Crippen LogP contribution in [-0.4, -0.2) is 9.78 Å². The maximum Gasteiger partial charge on any atom is 0.270 e. The first kappa shape index (κ1) is 4.90. The summed E-state index contributed by atoms with van der Waals surface area (Å²) in [6, 6.07) is 1.43. The van der Waals surface area contributed by atoms with Crippen LogP contribution >= 0.6 is 0 Å². The lowest BCUT2D eigenvalue weighted by molar-refractivity contribution is 0.903. The number of hydrogen-bond acceptors (Lipinski definition) is 1. The zero-order valence-corrected chi connectivity index (χ0v) is 4.29. The van der Waals surface area contributed by atoms with Crippen LogP contribution in [0.5, 0.6) is 0 Å². The van der Waals surface area contributed by atoms with Crippen molar-refractivity contribution in [2.24, 2.45) is 0 Å². The average molecular weight is 110 g/mol. The first-order valence-electron chi connectivity index (χ1n) is 2.23. The van der Waals surface area contributed by atoms with Crippen LogP contribution in [0.25, 0.3) is 6.20 Å². The second-order valence-electron chi connectivity index (χ2n) is 1.35. The highest BCUT2D eigenvalue weighted by molar-refractivity contribution is 5.12. The minimum Gasteiger partial charge on any atom is -0.299 e. The van der Waals surface area contributed by atoms with Gasteiger partial charge in [-0.1, -0.05) is 6.58 Å². The third kappa shape index (κ3) is 0.578. The molecule has 42 valence electrons. The van der Waals surface area contributed by atoms with Gasteiger partial charge in [0, 0.05) is 18.5 Å². The third-order valence-corrected chi connectivity index (χ3v) is 0.860. The summed E-state index contributed by atoms with van der Waals surface area (Å²) in [5.74, 6) is 0. The van der Waals surface area contributed by atoms with Crippen molar-refractivity contribution in [3.05, 3.63) is 29.2 Å². The van der Waals surface area contributed by atoms with Crippen LogP contribution in [0.2, 0.25) is 0 Å². The lowest BCUT2D eigenvalue weighted by atomic mass is 10.7. The van der Waals surface area contributed by atoms with Crippen molar-refractivity contribution < 1.29 is 0 Å². The molecule has 1 aromatic heterocycles. The van der Waals surface area contributed by atoms with Crippen LogP contribution in [0.4, 0.5) is 0 Å². The van der Waals surface area contributed by atoms with Crippen LogP contribution in [0.15, 0.2) is 23.6 Å². The summed E-state index contributed by atoms with van der Waals surface area (Å²) >= 11 is 0. The molecule has 0 saturated carbocycles. The van der Waals surface area contributed by atoms with Gasteiger partial charge in [0.15, 0.2) is 0 Å². The minimum atomic E-state index is -0.0833. The highest BCUT2D eigenvalue weighted by atomic mass is 16.1. The van der Waals surface area contributed by atoms with E-state index in [-0.39, 0.29) is 5.56 Å². The van der Waals surface area contributed by atoms with Crippen molar-refractivity contribution in [3.63, 3.8) is 0 Å². The van der Waals surface area contributed by atoms with Gasteiger partial charge in [0.25, 0.3) is 5.56 Å². The van der Waals surface area contributed by atoms with Crippen molar-refractivity contribution in [1.29, 1.82) is 0 Å². The van der Waals surface area contributed by atoms with Gasteiger partial charge in [-0.05, 0) is 0 Å². The first-order chi connectivity index (χ1) is 3.84. The summed E-state index contributed by atoms with van der Waals surface area (Å²) < 4.78 is 1.29. The molecular weight excluding hydrogens is 104 g/mol. The maximum atomic E-state index is 10.5. The van der Waals surface area contributed by atoms with E-state index in [9.17, 15) is 4.79 Å². The molecule has 3 heteroatoms. The fraction of sp³-hybridized carbons (Fsp3) is 0. The summed E-state index contributed by atoms with van der Waals surface area (Å²) in [7, 11) is 0. The Bertz CT molecular complexity index is 233. The molecule has 0 amide bonds. The minimum absolute atomic E-state index is 0.0833. The Morgan fingerprint density at radius 2 is 2.62 bits per heavy atom. The molecule has 0 aliphatic carbocycles. The molecule has 3 nitrogen and oxygen atoms in total. The molecule has 1 rings (SSSR count). The van der Waals surface area contributed by atoms with Gasteiger partial charge in [0.05, 0.1) is 0 Å². The Morgan fingerprint density at radius 1 is 1.88 bits per heavy atom. The molecule has 0 spiro atoms. The maximum absolute atomic E-state index is 10.5. The van der Waals surface area contributed by atoms with Gasteiger partial charge in [-0.25, -0.2) is 4.68 Å². The van der Waals surface area contributed by atoms with E-state index >= 15 is 0 Å². The van der Waals surface area contributed by atoms with Crippen molar-refractivity contribution in [2.75, 3.05) is 0 Å². The van der Waals surface area contributed by atoms with E-state index in [0.29, 0.717) is 0 Å². The van der Waals surface area contributed by atoms with Crippen LogP contribution in [-0.2, 0) is 0 Å². The van der Waals surface area contributed by atoms with Crippen molar-refractivity contribution in [1.82, 2.24) is 9.78 Å². The molecule has 0 aromatic carbocycles. The number of nitrogens with zero attached hydrogens (tertiary/aromatic N) is 1. The van der Waals surface area contributed by atoms with Gasteiger partial charge in [0.1, 0.15) is 0 Å². The molecule has 0 aliphatic heterocycles. The van der Waals surface area contributed by atoms with E-state index in [1.807, 2.05) is 0 Å². The van der Waals surface area contributed by atoms with Gasteiger partial charge < -0.3 is 0 Å². The Labute approximate surface area is 46.2 Å². The molecule has 0 saturated heterocycles. The number of nitrogens with one attached hydrogen (secondary N) is 1. The first-order valence-corrected chi connectivity index (χ1v) is 2.23. The Kier molecular flexibility index (Phi) is 1.04. The number of aromatic nitrogens is 2. The predicted molar refractivity (Wildman–Crippen MR) is 31.4 cm³/mol. The van der Waals surface area contributed by atoms with Gasteiger partial charge >= 0.3 is 0 Å². The quantitative estimate of drug-likeness (QED) is 0.553. The molecule has 8 heavy (non-hydrogen) atoms. The third-order valence-electron chi connectivity index (χ3n) is 0.860. The van der Waals surface area contributed by atoms with Crippen LogP contribution < -0.4 is 5.56 Å². The van der Waals surface area contributed by atoms with Crippen molar-refractivity contribution in [2.45, 2.75) is 0 Å². The molecule has 0 aliphatic rings. The van der Waals surface area contributed by atoms with Gasteiger partial charge in [-0.3, -0.25) is 9.89 Å². The molecule has 1 heterocycles. The van der Waals surface area contributed by atoms with E-state index < -0.39 is 0 Å². The zero-order valence-electron chi connectivity index (χ0n) is 4.29. The molecule has 1 aromatic rings. The van der Waals surface area contributed by atoms with Gasteiger partial charge in [-0.2, -0.15) is 0 Å². The average Bonchev–Trinajstić information content (AvgIpc) is 2.14. The standard InChI is InChI=1S/C5H6N2O/c1-2-7-5(8)3-4-6-7/h2-4,6H,1H2. The topological polar surface area (TPSA) is 37.8 Å². The smallest absolute Gasteiger partial charge is 0.270 e. The van der Waals surface area contributed by atoms with Crippen LogP contribution in [0, 0.1) is 0 Å². The monoisotopic (exact) mass is 110 g/mol. The van der Waals surface area contributed by atoms with E-state index in [0.717, 1.165) is 0 Å². The van der Waals surface area contributed by atoms with Gasteiger partial charge in [0.2, 0.25) is 0 Å². The van der Waals surface area contributed by atoms with Crippen molar-refractivity contribution >= 4 is 6.20 Å². The van der Waals surface area contributed by atoms with E-state index in [1.54, 1.807) is 6.20 Å². The van der Waals surface area contributed by atoms with Crippen LogP contribution in [0.1, 0.15) is 0 Å². The molecular formula is C5H6N2O. The summed E-state index contributed by atoms with van der Waals surface area (Å²) in [6.45, 7) is 3.40. The Morgan fingerprint density at radius 3 is 2.88 bits per heavy atom. The normalized spacial score (nSPS) is 9.00. The molecule has 0 unspecified atom stereocenters. The summed E-state index contributed by atoms with van der Waals surface area (Å²) in [5.41, 5.74) is -0.0833. The van der Waals surface area contributed by atoms with E-state index in [1.165, 1.54) is 16.9 Å². The second kappa shape index (κ2) is 1.69. The lowest BCUT2D eigenvalue weighted by Crippen LogP contribution is -2.08. The largest absolute Gasteiger partial charge is 0.299 e. The Hall–Kier alpha value is -1.25. The molecule has 1 N–H and O–H groups in total. The predicted octanol–water partition coefficient (Wildman–Crippen LogP) is 0.277. The van der Waals surface area contributed by atoms with E-state index in [2.05, 4.69) is 11.7 Å². The molecule has 0 radical (unpaired) electrons. The lowest BCUT2D eigenvalue weighted by Gasteiger charge is -1.83. The summed E-state index contributed by atoms with van der Waals surface area (Å²) in [6.07, 6.45) is 2.98. The number of rotatable bonds is 1. The summed E-state index contributed by atoms with van der Waals surface area (Å²) in [5, 5.41) is 2.64. The second-order valence-corrected chi connectivity index (χ2v) is 1.35. The number of aromatic amines is 1. The number of hydrogen-bond donors (Lipinski definition) is 1. The Balaban J connectivity index is 3.30. The fourth-order valence-electron chi connectivity index (χ4n) is 0.475. The van der Waals surface area contributed by atoms with Crippen LogP contribution in [0.3, 0.4) is 0 Å². The van der Waals surface area contributed by atoms with Gasteiger partial charge in [-0.15, -0.1) is 0 Å².